The first kappa shape index (κ1) is 13.8. The summed E-state index contributed by atoms with van der Waals surface area (Å²) in [6.07, 6.45) is 1.81. The van der Waals surface area contributed by atoms with Crippen molar-refractivity contribution in [2.75, 3.05) is 0 Å². The maximum atomic E-state index is 12.3. The first-order valence-corrected chi connectivity index (χ1v) is 7.52. The number of hydrogen-bond donors (Lipinski definition) is 1. The Bertz CT molecular complexity index is 1030. The molecular formula is C18H12ClN3O. The number of nitrogens with zero attached hydrogens (tertiary/aromatic N) is 2. The van der Waals surface area contributed by atoms with Gasteiger partial charge in [-0.1, -0.05) is 54.1 Å². The summed E-state index contributed by atoms with van der Waals surface area (Å²) in [6.45, 7) is 0. The summed E-state index contributed by atoms with van der Waals surface area (Å²) in [6, 6.07) is 18.9. The minimum absolute atomic E-state index is 0.174. The Morgan fingerprint density at radius 3 is 2.43 bits per heavy atom. The van der Waals surface area contributed by atoms with Crippen LogP contribution in [-0.2, 0) is 0 Å². The molecule has 0 unspecified atom stereocenters. The van der Waals surface area contributed by atoms with Crippen LogP contribution in [0.5, 0.6) is 0 Å². The van der Waals surface area contributed by atoms with Crippen LogP contribution < -0.4 is 5.56 Å². The average molecular weight is 322 g/mol. The molecule has 0 aliphatic carbocycles. The van der Waals surface area contributed by atoms with Crippen molar-refractivity contribution in [2.24, 2.45) is 0 Å². The van der Waals surface area contributed by atoms with Gasteiger partial charge in [0, 0.05) is 10.6 Å². The molecule has 4 rings (SSSR count). The van der Waals surface area contributed by atoms with E-state index < -0.39 is 0 Å². The normalized spacial score (nSPS) is 11.0. The number of aromatic nitrogens is 3. The lowest BCUT2D eigenvalue weighted by Crippen LogP contribution is -2.10. The summed E-state index contributed by atoms with van der Waals surface area (Å²) in [5, 5.41) is 5.17. The van der Waals surface area contributed by atoms with Crippen LogP contribution in [0.15, 0.2) is 71.7 Å². The van der Waals surface area contributed by atoms with Crippen molar-refractivity contribution >= 4 is 17.1 Å². The fourth-order valence-corrected chi connectivity index (χ4v) is 2.66. The topological polar surface area (TPSA) is 50.2 Å². The predicted octanol–water partition coefficient (Wildman–Crippen LogP) is 4.01. The number of H-pyrrole nitrogens is 1. The highest BCUT2D eigenvalue weighted by Gasteiger charge is 2.09. The van der Waals surface area contributed by atoms with Crippen LogP contribution in [0.3, 0.4) is 0 Å². The number of rotatable bonds is 2. The number of nitrogens with one attached hydrogen (secondary N) is 1. The van der Waals surface area contributed by atoms with Gasteiger partial charge in [-0.05, 0) is 23.8 Å². The molecule has 23 heavy (non-hydrogen) atoms. The number of halogens is 1. The summed E-state index contributed by atoms with van der Waals surface area (Å²) < 4.78 is 1.62. The quantitative estimate of drug-likeness (QED) is 0.606. The Labute approximate surface area is 137 Å². The van der Waals surface area contributed by atoms with E-state index in [9.17, 15) is 4.79 Å². The van der Waals surface area contributed by atoms with Gasteiger partial charge in [0.15, 0.2) is 0 Å². The molecule has 0 saturated carbocycles. The molecule has 0 bridgehead atoms. The number of fused-ring (bicyclic) bond motifs is 1. The van der Waals surface area contributed by atoms with E-state index in [2.05, 4.69) is 10.1 Å². The van der Waals surface area contributed by atoms with Crippen LogP contribution in [0, 0.1) is 0 Å². The molecule has 0 fully saturated rings. The Hall–Kier alpha value is -2.85. The highest BCUT2D eigenvalue weighted by Crippen LogP contribution is 2.21. The van der Waals surface area contributed by atoms with Crippen LogP contribution >= 0.6 is 11.6 Å². The minimum atomic E-state index is -0.174. The molecule has 0 radical (unpaired) electrons. The van der Waals surface area contributed by atoms with Gasteiger partial charge >= 0.3 is 0 Å². The molecule has 1 N–H and O–H groups in total. The predicted molar refractivity (Wildman–Crippen MR) is 91.7 cm³/mol. The van der Waals surface area contributed by atoms with E-state index in [0.717, 1.165) is 16.8 Å². The van der Waals surface area contributed by atoms with E-state index in [1.165, 1.54) is 0 Å². The zero-order valence-corrected chi connectivity index (χ0v) is 12.8. The van der Waals surface area contributed by atoms with E-state index in [0.29, 0.717) is 16.2 Å². The molecule has 4 aromatic rings. The van der Waals surface area contributed by atoms with Crippen LogP contribution in [-0.4, -0.2) is 14.6 Å². The molecule has 0 spiro atoms. The van der Waals surface area contributed by atoms with Gasteiger partial charge in [0.2, 0.25) is 0 Å². The average Bonchev–Trinajstić information content (AvgIpc) is 3.01. The molecule has 2 aromatic carbocycles. The lowest BCUT2D eigenvalue weighted by atomic mass is 10.1. The first-order chi connectivity index (χ1) is 11.2. The van der Waals surface area contributed by atoms with Gasteiger partial charge < -0.3 is 4.98 Å². The van der Waals surface area contributed by atoms with Crippen LogP contribution in [0.2, 0.25) is 5.02 Å². The Morgan fingerprint density at radius 1 is 0.957 bits per heavy atom. The molecule has 0 aliphatic rings. The van der Waals surface area contributed by atoms with Crippen LogP contribution in [0.25, 0.3) is 28.0 Å². The van der Waals surface area contributed by atoms with Gasteiger partial charge in [-0.2, -0.15) is 5.10 Å². The maximum Gasteiger partial charge on any atom is 0.274 e. The molecule has 5 heteroatoms. The Balaban J connectivity index is 1.87. The zero-order valence-electron chi connectivity index (χ0n) is 12.0. The highest BCUT2D eigenvalue weighted by molar-refractivity contribution is 6.30. The molecule has 0 aliphatic heterocycles. The highest BCUT2D eigenvalue weighted by atomic mass is 35.5. The maximum absolute atomic E-state index is 12.3. The van der Waals surface area contributed by atoms with Gasteiger partial charge in [-0.3, -0.25) is 4.79 Å². The van der Waals surface area contributed by atoms with Crippen molar-refractivity contribution in [3.8, 4) is 22.5 Å². The molecule has 0 saturated heterocycles. The van der Waals surface area contributed by atoms with Crippen molar-refractivity contribution < 1.29 is 0 Å². The molecule has 112 valence electrons. The third-order valence-electron chi connectivity index (χ3n) is 3.69. The second-order valence-corrected chi connectivity index (χ2v) is 5.67. The van der Waals surface area contributed by atoms with E-state index in [-0.39, 0.29) is 5.56 Å². The molecule has 0 amide bonds. The lowest BCUT2D eigenvalue weighted by molar-refractivity contribution is 0.943. The van der Waals surface area contributed by atoms with E-state index in [4.69, 9.17) is 11.6 Å². The van der Waals surface area contributed by atoms with Gasteiger partial charge in [0.1, 0.15) is 5.52 Å². The van der Waals surface area contributed by atoms with Crippen LogP contribution in [0.4, 0.5) is 0 Å². The molecule has 2 heterocycles. The van der Waals surface area contributed by atoms with E-state index >= 15 is 0 Å². The number of hydrogen-bond acceptors (Lipinski definition) is 2. The fraction of sp³-hybridized carbons (Fsp3) is 0. The van der Waals surface area contributed by atoms with Gasteiger partial charge in [-0.25, -0.2) is 4.52 Å². The van der Waals surface area contributed by atoms with Crippen molar-refractivity contribution in [1.82, 2.24) is 14.6 Å². The number of benzene rings is 2. The Morgan fingerprint density at radius 2 is 1.70 bits per heavy atom. The van der Waals surface area contributed by atoms with E-state index in [1.54, 1.807) is 22.7 Å². The SMILES string of the molecule is O=c1[nH]c(-c2ccc(Cl)cc2)cn2nc(-c3ccccc3)cc12. The minimum Gasteiger partial charge on any atom is -0.319 e. The summed E-state index contributed by atoms with van der Waals surface area (Å²) in [5.41, 5.74) is 3.66. The number of aromatic amines is 1. The molecule has 2 aromatic heterocycles. The second kappa shape index (κ2) is 5.41. The summed E-state index contributed by atoms with van der Waals surface area (Å²) >= 11 is 5.91. The van der Waals surface area contributed by atoms with Crippen molar-refractivity contribution in [3.63, 3.8) is 0 Å². The third-order valence-corrected chi connectivity index (χ3v) is 3.94. The smallest absolute Gasteiger partial charge is 0.274 e. The molecular weight excluding hydrogens is 310 g/mol. The van der Waals surface area contributed by atoms with Crippen LogP contribution in [0.1, 0.15) is 0 Å². The monoisotopic (exact) mass is 321 g/mol. The van der Waals surface area contributed by atoms with Crippen molar-refractivity contribution in [2.45, 2.75) is 0 Å². The summed E-state index contributed by atoms with van der Waals surface area (Å²) in [5.74, 6) is 0. The van der Waals surface area contributed by atoms with Gasteiger partial charge in [0.25, 0.3) is 5.56 Å². The fourth-order valence-electron chi connectivity index (χ4n) is 2.53. The second-order valence-electron chi connectivity index (χ2n) is 5.23. The lowest BCUT2D eigenvalue weighted by Gasteiger charge is -2.02. The van der Waals surface area contributed by atoms with Crippen molar-refractivity contribution in [1.29, 1.82) is 0 Å². The standard InChI is InChI=1S/C18H12ClN3O/c19-14-8-6-13(7-9-14)16-11-22-17(18(23)20-16)10-15(21-22)12-4-2-1-3-5-12/h1-11H,(H,20,23). The van der Waals surface area contributed by atoms with E-state index in [1.807, 2.05) is 48.7 Å². The van der Waals surface area contributed by atoms with Gasteiger partial charge in [0.05, 0.1) is 17.6 Å². The first-order valence-electron chi connectivity index (χ1n) is 7.15. The van der Waals surface area contributed by atoms with Crippen molar-refractivity contribution in [3.05, 3.63) is 82.2 Å². The van der Waals surface area contributed by atoms with Gasteiger partial charge in [-0.15, -0.1) is 0 Å². The summed E-state index contributed by atoms with van der Waals surface area (Å²) in [4.78, 5) is 15.2. The summed E-state index contributed by atoms with van der Waals surface area (Å²) in [7, 11) is 0. The molecule has 4 nitrogen and oxygen atoms in total. The third kappa shape index (κ3) is 2.53. The largest absolute Gasteiger partial charge is 0.319 e. The zero-order chi connectivity index (χ0) is 15.8. The Kier molecular flexibility index (Phi) is 3.24. The molecule has 0 atom stereocenters.